The van der Waals surface area contributed by atoms with Gasteiger partial charge in [0.1, 0.15) is 5.75 Å². The first kappa shape index (κ1) is 19.0. The number of benzene rings is 2. The Morgan fingerprint density at radius 2 is 1.48 bits per heavy atom. The number of nitrogens with one attached hydrogen (secondary N) is 2. The van der Waals surface area contributed by atoms with E-state index in [0.29, 0.717) is 17.1 Å². The van der Waals surface area contributed by atoms with E-state index < -0.39 is 6.10 Å². The molecule has 0 aliphatic heterocycles. The molecule has 1 unspecified atom stereocenters. The van der Waals surface area contributed by atoms with E-state index in [1.807, 2.05) is 26.0 Å². The van der Waals surface area contributed by atoms with Gasteiger partial charge in [0.05, 0.1) is 0 Å². The molecule has 25 heavy (non-hydrogen) atoms. The Labute approximate surface area is 155 Å². The molecule has 1 atom stereocenters. The van der Waals surface area contributed by atoms with E-state index in [0.717, 1.165) is 15.6 Å². The highest BCUT2D eigenvalue weighted by atomic mass is 79.9. The first-order chi connectivity index (χ1) is 11.8. The summed E-state index contributed by atoms with van der Waals surface area (Å²) in [5, 5.41) is 5.48. The van der Waals surface area contributed by atoms with E-state index in [1.165, 1.54) is 6.92 Å². The summed E-state index contributed by atoms with van der Waals surface area (Å²) >= 11 is 3.45. The minimum atomic E-state index is -0.645. The second-order valence-corrected chi connectivity index (χ2v) is 6.79. The van der Waals surface area contributed by atoms with Crippen LogP contribution in [0.15, 0.2) is 40.9 Å². The second kappa shape index (κ2) is 8.16. The highest BCUT2D eigenvalue weighted by molar-refractivity contribution is 9.10. The Morgan fingerprint density at radius 3 is 1.96 bits per heavy atom. The molecule has 5 nitrogen and oxygen atoms in total. The van der Waals surface area contributed by atoms with Gasteiger partial charge >= 0.3 is 0 Å². The predicted octanol–water partition coefficient (Wildman–Crippen LogP) is 4.43. The number of carbonyl (C=O) groups excluding carboxylic acids is 2. The quantitative estimate of drug-likeness (QED) is 0.774. The predicted molar refractivity (Wildman–Crippen MR) is 103 cm³/mol. The molecule has 132 valence electrons. The minimum absolute atomic E-state index is 0.140. The zero-order valence-electron chi connectivity index (χ0n) is 14.6. The summed E-state index contributed by atoms with van der Waals surface area (Å²) in [6, 6.07) is 10.8. The normalized spacial score (nSPS) is 11.6. The third kappa shape index (κ3) is 5.32. The molecule has 2 aromatic rings. The van der Waals surface area contributed by atoms with E-state index in [4.69, 9.17) is 4.74 Å². The van der Waals surface area contributed by atoms with E-state index in [-0.39, 0.29) is 11.8 Å². The van der Waals surface area contributed by atoms with Crippen molar-refractivity contribution in [1.29, 1.82) is 0 Å². The maximum atomic E-state index is 12.4. The van der Waals surface area contributed by atoms with Crippen molar-refractivity contribution < 1.29 is 14.3 Å². The average Bonchev–Trinajstić information content (AvgIpc) is 2.52. The summed E-state index contributed by atoms with van der Waals surface area (Å²) in [7, 11) is 0. The molecule has 2 N–H and O–H groups in total. The summed E-state index contributed by atoms with van der Waals surface area (Å²) in [4.78, 5) is 23.4. The van der Waals surface area contributed by atoms with Gasteiger partial charge in [-0.1, -0.05) is 15.9 Å². The number of hydrogen-bond donors (Lipinski definition) is 2. The highest BCUT2D eigenvalue weighted by Crippen LogP contribution is 2.28. The molecule has 0 bridgehead atoms. The second-order valence-electron chi connectivity index (χ2n) is 5.88. The van der Waals surface area contributed by atoms with Gasteiger partial charge in [0.25, 0.3) is 5.91 Å². The summed E-state index contributed by atoms with van der Waals surface area (Å²) in [5.41, 5.74) is 3.24. The van der Waals surface area contributed by atoms with Crippen molar-refractivity contribution in [2.75, 3.05) is 10.6 Å². The molecule has 0 saturated carbocycles. The van der Waals surface area contributed by atoms with Gasteiger partial charge in [-0.25, -0.2) is 0 Å². The Bertz CT molecular complexity index is 765. The maximum absolute atomic E-state index is 12.4. The SMILES string of the molecule is CC(=O)Nc1ccc(NC(=O)C(C)Oc2c(C)cc(Br)cc2C)cc1. The smallest absolute Gasteiger partial charge is 0.265 e. The van der Waals surface area contributed by atoms with Gasteiger partial charge in [0.2, 0.25) is 5.91 Å². The van der Waals surface area contributed by atoms with Gasteiger partial charge in [0.15, 0.2) is 6.10 Å². The maximum Gasteiger partial charge on any atom is 0.265 e. The van der Waals surface area contributed by atoms with E-state index in [9.17, 15) is 9.59 Å². The van der Waals surface area contributed by atoms with Crippen LogP contribution in [0.3, 0.4) is 0 Å². The number of halogens is 1. The third-order valence-electron chi connectivity index (χ3n) is 3.56. The van der Waals surface area contributed by atoms with Gasteiger partial charge in [-0.2, -0.15) is 0 Å². The average molecular weight is 405 g/mol. The van der Waals surface area contributed by atoms with Crippen LogP contribution in [-0.4, -0.2) is 17.9 Å². The molecule has 6 heteroatoms. The molecular formula is C19H21BrN2O3. The van der Waals surface area contributed by atoms with Crippen molar-refractivity contribution in [1.82, 2.24) is 0 Å². The Balaban J connectivity index is 2.02. The fourth-order valence-corrected chi connectivity index (χ4v) is 3.08. The number of amides is 2. The van der Waals surface area contributed by atoms with Gasteiger partial charge in [-0.3, -0.25) is 9.59 Å². The van der Waals surface area contributed by atoms with Crippen LogP contribution in [0.4, 0.5) is 11.4 Å². The van der Waals surface area contributed by atoms with Crippen LogP contribution in [0.1, 0.15) is 25.0 Å². The van der Waals surface area contributed by atoms with Crippen molar-refractivity contribution in [3.05, 3.63) is 52.0 Å². The number of ether oxygens (including phenoxy) is 1. The van der Waals surface area contributed by atoms with Crippen molar-refractivity contribution in [2.24, 2.45) is 0 Å². The topological polar surface area (TPSA) is 67.4 Å². The van der Waals surface area contributed by atoms with E-state index >= 15 is 0 Å². The van der Waals surface area contributed by atoms with E-state index in [2.05, 4.69) is 26.6 Å². The van der Waals surface area contributed by atoms with Crippen LogP contribution < -0.4 is 15.4 Å². The van der Waals surface area contributed by atoms with Gasteiger partial charge < -0.3 is 15.4 Å². The molecular weight excluding hydrogens is 384 g/mol. The van der Waals surface area contributed by atoms with Crippen LogP contribution in [-0.2, 0) is 9.59 Å². The third-order valence-corrected chi connectivity index (χ3v) is 4.02. The molecule has 2 amide bonds. The number of hydrogen-bond acceptors (Lipinski definition) is 3. The van der Waals surface area contributed by atoms with Crippen molar-refractivity contribution in [3.63, 3.8) is 0 Å². The molecule has 0 fully saturated rings. The lowest BCUT2D eigenvalue weighted by molar-refractivity contribution is -0.122. The lowest BCUT2D eigenvalue weighted by Crippen LogP contribution is -2.30. The molecule has 0 radical (unpaired) electrons. The van der Waals surface area contributed by atoms with Crippen LogP contribution in [0.25, 0.3) is 0 Å². The van der Waals surface area contributed by atoms with Crippen LogP contribution in [0.5, 0.6) is 5.75 Å². The summed E-state index contributed by atoms with van der Waals surface area (Å²) in [6.07, 6.45) is -0.645. The first-order valence-corrected chi connectivity index (χ1v) is 8.67. The van der Waals surface area contributed by atoms with Crippen LogP contribution in [0.2, 0.25) is 0 Å². The van der Waals surface area contributed by atoms with Crippen LogP contribution >= 0.6 is 15.9 Å². The Hall–Kier alpha value is -2.34. The van der Waals surface area contributed by atoms with Gasteiger partial charge in [-0.15, -0.1) is 0 Å². The van der Waals surface area contributed by atoms with E-state index in [1.54, 1.807) is 31.2 Å². The van der Waals surface area contributed by atoms with Gasteiger partial charge in [-0.05, 0) is 68.3 Å². The number of carbonyl (C=O) groups is 2. The molecule has 0 spiro atoms. The number of aryl methyl sites for hydroxylation is 2. The lowest BCUT2D eigenvalue weighted by Gasteiger charge is -2.18. The van der Waals surface area contributed by atoms with Crippen molar-refractivity contribution >= 4 is 39.1 Å². The van der Waals surface area contributed by atoms with Gasteiger partial charge in [0, 0.05) is 22.8 Å². The first-order valence-electron chi connectivity index (χ1n) is 7.88. The Morgan fingerprint density at radius 1 is 1.00 bits per heavy atom. The molecule has 2 aromatic carbocycles. The molecule has 0 aliphatic rings. The molecule has 2 rings (SSSR count). The minimum Gasteiger partial charge on any atom is -0.480 e. The summed E-state index contributed by atoms with van der Waals surface area (Å²) in [6.45, 7) is 7.04. The highest BCUT2D eigenvalue weighted by Gasteiger charge is 2.17. The number of rotatable bonds is 5. The molecule has 0 aromatic heterocycles. The monoisotopic (exact) mass is 404 g/mol. The fourth-order valence-electron chi connectivity index (χ4n) is 2.40. The zero-order valence-corrected chi connectivity index (χ0v) is 16.2. The molecule has 0 aliphatic carbocycles. The standard InChI is InChI=1S/C19H21BrN2O3/c1-11-9-15(20)10-12(2)18(11)25-13(3)19(24)22-17-7-5-16(6-8-17)21-14(4)23/h5-10,13H,1-4H3,(H,21,23)(H,22,24). The molecule has 0 heterocycles. The van der Waals surface area contributed by atoms with Crippen molar-refractivity contribution in [3.8, 4) is 5.75 Å². The number of anilines is 2. The lowest BCUT2D eigenvalue weighted by atomic mass is 10.1. The Kier molecular flexibility index (Phi) is 6.20. The zero-order chi connectivity index (χ0) is 18.6. The largest absolute Gasteiger partial charge is 0.480 e. The molecule has 0 saturated heterocycles. The van der Waals surface area contributed by atoms with Crippen LogP contribution in [0, 0.1) is 13.8 Å². The summed E-state index contributed by atoms with van der Waals surface area (Å²) in [5.74, 6) is 0.333. The van der Waals surface area contributed by atoms with Crippen molar-refractivity contribution in [2.45, 2.75) is 33.8 Å². The fraction of sp³-hybridized carbons (Fsp3) is 0.263. The summed E-state index contributed by atoms with van der Waals surface area (Å²) < 4.78 is 6.83.